The molecule has 2 aliphatic rings. The Bertz CT molecular complexity index is 1030. The van der Waals surface area contributed by atoms with E-state index in [1.807, 2.05) is 0 Å². The predicted molar refractivity (Wildman–Crippen MR) is 109 cm³/mol. The summed E-state index contributed by atoms with van der Waals surface area (Å²) in [6, 6.07) is 11.9. The number of carbonyl (C=O) groups is 3. The number of rotatable bonds is 4. The highest BCUT2D eigenvalue weighted by Crippen LogP contribution is 2.33. The molecule has 2 heterocycles. The fourth-order valence-corrected chi connectivity index (χ4v) is 3.40. The van der Waals surface area contributed by atoms with E-state index in [4.69, 9.17) is 14.2 Å². The Balaban J connectivity index is 1.40. The van der Waals surface area contributed by atoms with Crippen LogP contribution in [0.25, 0.3) is 6.08 Å². The van der Waals surface area contributed by atoms with Gasteiger partial charge < -0.3 is 24.4 Å². The predicted octanol–water partition coefficient (Wildman–Crippen LogP) is 2.74. The van der Waals surface area contributed by atoms with Crippen molar-refractivity contribution in [2.45, 2.75) is 19.4 Å². The van der Waals surface area contributed by atoms with Crippen molar-refractivity contribution in [1.29, 1.82) is 0 Å². The van der Waals surface area contributed by atoms with Crippen molar-refractivity contribution in [1.82, 2.24) is 0 Å². The highest BCUT2D eigenvalue weighted by Gasteiger charge is 2.29. The minimum absolute atomic E-state index is 0.151. The number of para-hydroxylation sites is 2. The molecule has 1 N–H and O–H groups in total. The molecular weight excluding hydrogens is 388 g/mol. The van der Waals surface area contributed by atoms with Crippen LogP contribution in [-0.2, 0) is 19.1 Å². The number of amides is 2. The first-order valence-corrected chi connectivity index (χ1v) is 9.46. The van der Waals surface area contributed by atoms with Crippen LogP contribution >= 0.6 is 0 Å². The second kappa shape index (κ2) is 8.28. The van der Waals surface area contributed by atoms with Gasteiger partial charge in [-0.15, -0.1) is 0 Å². The Hall–Kier alpha value is -3.81. The lowest BCUT2D eigenvalue weighted by atomic mass is 10.1. The molecule has 2 aromatic rings. The molecule has 8 nitrogen and oxygen atoms in total. The Morgan fingerprint density at radius 2 is 2.00 bits per heavy atom. The van der Waals surface area contributed by atoms with Crippen LogP contribution in [0.15, 0.2) is 48.5 Å². The summed E-state index contributed by atoms with van der Waals surface area (Å²) < 4.78 is 15.7. The number of fused-ring (bicyclic) bond motifs is 2. The fraction of sp³-hybridized carbons (Fsp3) is 0.227. The number of ether oxygens (including phenoxy) is 3. The van der Waals surface area contributed by atoms with E-state index < -0.39 is 18.5 Å². The zero-order valence-corrected chi connectivity index (χ0v) is 16.3. The number of benzene rings is 2. The molecule has 1 atom stereocenters. The van der Waals surface area contributed by atoms with E-state index in [1.165, 1.54) is 11.0 Å². The van der Waals surface area contributed by atoms with E-state index in [0.29, 0.717) is 22.9 Å². The lowest BCUT2D eigenvalue weighted by Crippen LogP contribution is -2.41. The second-order valence-electron chi connectivity index (χ2n) is 6.94. The van der Waals surface area contributed by atoms with Crippen molar-refractivity contribution >= 4 is 35.2 Å². The van der Waals surface area contributed by atoms with E-state index in [1.54, 1.807) is 55.5 Å². The van der Waals surface area contributed by atoms with Gasteiger partial charge in [-0.1, -0.05) is 18.2 Å². The molecule has 0 fully saturated rings. The van der Waals surface area contributed by atoms with Crippen LogP contribution in [0.1, 0.15) is 18.9 Å². The lowest BCUT2D eigenvalue weighted by molar-refractivity contribution is -0.143. The Morgan fingerprint density at radius 3 is 2.87 bits per heavy atom. The normalized spacial score (nSPS) is 17.3. The molecular formula is C22H20N2O6. The first kappa shape index (κ1) is 19.5. The van der Waals surface area contributed by atoms with Crippen molar-refractivity contribution in [3.8, 4) is 11.5 Å². The lowest BCUT2D eigenvalue weighted by Gasteiger charge is -2.27. The molecule has 0 spiro atoms. The topological polar surface area (TPSA) is 94.2 Å². The van der Waals surface area contributed by atoms with Crippen molar-refractivity contribution in [3.63, 3.8) is 0 Å². The molecule has 0 bridgehead atoms. The van der Waals surface area contributed by atoms with E-state index >= 15 is 0 Å². The van der Waals surface area contributed by atoms with Crippen molar-refractivity contribution in [2.24, 2.45) is 0 Å². The van der Waals surface area contributed by atoms with Gasteiger partial charge in [0.05, 0.1) is 11.4 Å². The van der Waals surface area contributed by atoms with Gasteiger partial charge in [-0.25, -0.2) is 4.79 Å². The molecule has 2 amide bonds. The summed E-state index contributed by atoms with van der Waals surface area (Å²) in [7, 11) is 0. The molecule has 4 rings (SSSR count). The molecule has 154 valence electrons. The van der Waals surface area contributed by atoms with Gasteiger partial charge in [0.15, 0.2) is 18.1 Å². The highest BCUT2D eigenvalue weighted by atomic mass is 16.7. The quantitative estimate of drug-likeness (QED) is 0.618. The Labute approximate surface area is 173 Å². The summed E-state index contributed by atoms with van der Waals surface area (Å²) in [6.45, 7) is 1.52. The van der Waals surface area contributed by atoms with E-state index in [2.05, 4.69) is 5.32 Å². The van der Waals surface area contributed by atoms with Crippen molar-refractivity contribution < 1.29 is 28.6 Å². The molecule has 2 aromatic carbocycles. The average molecular weight is 408 g/mol. The number of nitrogens with zero attached hydrogens (tertiary/aromatic N) is 1. The van der Waals surface area contributed by atoms with Gasteiger partial charge in [0.2, 0.25) is 12.7 Å². The van der Waals surface area contributed by atoms with Crippen LogP contribution in [0.2, 0.25) is 0 Å². The van der Waals surface area contributed by atoms with Crippen LogP contribution < -0.4 is 19.7 Å². The molecule has 0 radical (unpaired) electrons. The molecule has 0 aromatic heterocycles. The average Bonchev–Trinajstić information content (AvgIpc) is 3.15. The summed E-state index contributed by atoms with van der Waals surface area (Å²) >= 11 is 0. The molecule has 30 heavy (non-hydrogen) atoms. The van der Waals surface area contributed by atoms with E-state index in [9.17, 15) is 14.4 Å². The zero-order valence-electron chi connectivity index (χ0n) is 16.3. The first-order chi connectivity index (χ1) is 14.5. The molecule has 0 aliphatic carbocycles. The number of hydrogen-bond acceptors (Lipinski definition) is 6. The molecule has 0 saturated carbocycles. The minimum Gasteiger partial charge on any atom is -0.454 e. The molecule has 8 heteroatoms. The van der Waals surface area contributed by atoms with Crippen LogP contribution in [-0.4, -0.2) is 37.2 Å². The SMILES string of the molecule is C[C@H]1CC(=O)Nc2ccccc2N1C(=O)COC(=O)/C=C/c1ccc2c(c1)OCO2. The third kappa shape index (κ3) is 4.12. The highest BCUT2D eigenvalue weighted by molar-refractivity contribution is 6.05. The number of esters is 1. The van der Waals surface area contributed by atoms with Gasteiger partial charge in [-0.2, -0.15) is 0 Å². The van der Waals surface area contributed by atoms with Crippen LogP contribution in [0.4, 0.5) is 11.4 Å². The number of anilines is 2. The Morgan fingerprint density at radius 1 is 1.20 bits per heavy atom. The molecule has 2 aliphatic heterocycles. The summed E-state index contributed by atoms with van der Waals surface area (Å²) in [6.07, 6.45) is 2.97. The minimum atomic E-state index is -0.647. The van der Waals surface area contributed by atoms with Crippen molar-refractivity contribution in [3.05, 3.63) is 54.1 Å². The Kier molecular flexibility index (Phi) is 5.38. The second-order valence-corrected chi connectivity index (χ2v) is 6.94. The summed E-state index contributed by atoms with van der Waals surface area (Å²) in [5, 5.41) is 2.79. The van der Waals surface area contributed by atoms with E-state index in [-0.39, 0.29) is 25.2 Å². The largest absolute Gasteiger partial charge is 0.454 e. The van der Waals surface area contributed by atoms with Crippen LogP contribution in [0.3, 0.4) is 0 Å². The van der Waals surface area contributed by atoms with Crippen LogP contribution in [0, 0.1) is 0 Å². The van der Waals surface area contributed by atoms with Gasteiger partial charge in [0, 0.05) is 18.5 Å². The third-order valence-electron chi connectivity index (χ3n) is 4.77. The number of hydrogen-bond donors (Lipinski definition) is 1. The zero-order chi connectivity index (χ0) is 21.1. The summed E-state index contributed by atoms with van der Waals surface area (Å²) in [4.78, 5) is 38.4. The van der Waals surface area contributed by atoms with Gasteiger partial charge in [-0.05, 0) is 42.8 Å². The summed E-state index contributed by atoms with van der Waals surface area (Å²) in [5.41, 5.74) is 1.87. The van der Waals surface area contributed by atoms with Crippen LogP contribution in [0.5, 0.6) is 11.5 Å². The van der Waals surface area contributed by atoms with Gasteiger partial charge in [-0.3, -0.25) is 9.59 Å². The summed E-state index contributed by atoms with van der Waals surface area (Å²) in [5.74, 6) is 0.0361. The third-order valence-corrected chi connectivity index (χ3v) is 4.77. The number of carbonyl (C=O) groups excluding carboxylic acids is 3. The fourth-order valence-electron chi connectivity index (χ4n) is 3.40. The van der Waals surface area contributed by atoms with Gasteiger partial charge in [0.25, 0.3) is 5.91 Å². The maximum atomic E-state index is 12.8. The van der Waals surface area contributed by atoms with E-state index in [0.717, 1.165) is 5.56 Å². The van der Waals surface area contributed by atoms with Gasteiger partial charge >= 0.3 is 5.97 Å². The smallest absolute Gasteiger partial charge is 0.331 e. The monoisotopic (exact) mass is 408 g/mol. The maximum Gasteiger partial charge on any atom is 0.331 e. The van der Waals surface area contributed by atoms with Crippen molar-refractivity contribution in [2.75, 3.05) is 23.6 Å². The molecule has 0 unspecified atom stereocenters. The first-order valence-electron chi connectivity index (χ1n) is 9.46. The van der Waals surface area contributed by atoms with Gasteiger partial charge in [0.1, 0.15) is 0 Å². The molecule has 0 saturated heterocycles. The standard InChI is InChI=1S/C22H20N2O6/c1-14-10-20(25)23-16-4-2-3-5-17(16)24(14)21(26)12-28-22(27)9-7-15-6-8-18-19(11-15)30-13-29-18/h2-9,11,14H,10,12-13H2,1H3,(H,23,25)/b9-7+/t14-/m0/s1. The maximum absolute atomic E-state index is 12.8. The number of nitrogens with one attached hydrogen (secondary N) is 1.